The normalized spacial score (nSPS) is 12.1. The van der Waals surface area contributed by atoms with Gasteiger partial charge in [-0.25, -0.2) is 0 Å². The molecule has 0 radical (unpaired) electrons. The van der Waals surface area contributed by atoms with Gasteiger partial charge < -0.3 is 5.32 Å². The van der Waals surface area contributed by atoms with Gasteiger partial charge in [-0.3, -0.25) is 0 Å². The number of nitrogens with one attached hydrogen (secondary N) is 1. The molecule has 0 saturated heterocycles. The second-order valence-corrected chi connectivity index (χ2v) is 4.68. The van der Waals surface area contributed by atoms with E-state index in [4.69, 9.17) is 6.42 Å². The summed E-state index contributed by atoms with van der Waals surface area (Å²) in [4.78, 5) is 0. The van der Waals surface area contributed by atoms with Crippen molar-refractivity contribution in [2.24, 2.45) is 0 Å². The van der Waals surface area contributed by atoms with Gasteiger partial charge in [-0.1, -0.05) is 35.0 Å². The first-order chi connectivity index (χ1) is 7.77. The summed E-state index contributed by atoms with van der Waals surface area (Å²) in [5, 5.41) is 3.50. The smallest absolute Gasteiger partial charge is 0.0320 e. The maximum absolute atomic E-state index is 5.27. The molecular weight excluding hydrogens is 262 g/mol. The molecule has 0 amide bonds. The van der Waals surface area contributed by atoms with E-state index in [1.165, 1.54) is 5.56 Å². The average Bonchev–Trinajstić information content (AvgIpc) is 2.28. The Morgan fingerprint density at radius 1 is 1.50 bits per heavy atom. The van der Waals surface area contributed by atoms with Crippen LogP contribution >= 0.6 is 15.9 Å². The van der Waals surface area contributed by atoms with Gasteiger partial charge in [0.05, 0.1) is 0 Å². The molecule has 0 aliphatic carbocycles. The van der Waals surface area contributed by atoms with Crippen LogP contribution in [0.2, 0.25) is 0 Å². The predicted molar refractivity (Wildman–Crippen MR) is 73.2 cm³/mol. The molecule has 1 unspecified atom stereocenters. The number of terminal acetylenes is 1. The van der Waals surface area contributed by atoms with Gasteiger partial charge in [0.25, 0.3) is 0 Å². The van der Waals surface area contributed by atoms with E-state index in [2.05, 4.69) is 52.3 Å². The monoisotopic (exact) mass is 279 g/mol. The number of benzene rings is 1. The summed E-state index contributed by atoms with van der Waals surface area (Å²) in [7, 11) is 0. The van der Waals surface area contributed by atoms with E-state index < -0.39 is 0 Å². The zero-order chi connectivity index (χ0) is 11.8. The lowest BCUT2D eigenvalue weighted by atomic mass is 10.0. The van der Waals surface area contributed by atoms with Gasteiger partial charge in [-0.05, 0) is 37.1 Å². The minimum absolute atomic E-state index is 0.413. The molecule has 1 rings (SSSR count). The largest absolute Gasteiger partial charge is 0.310 e. The summed E-state index contributed by atoms with van der Waals surface area (Å²) >= 11 is 3.50. The second-order valence-electron chi connectivity index (χ2n) is 3.76. The molecule has 86 valence electrons. The fourth-order valence-electron chi connectivity index (χ4n) is 1.76. The quantitative estimate of drug-likeness (QED) is 0.615. The highest BCUT2D eigenvalue weighted by Crippen LogP contribution is 2.22. The Morgan fingerprint density at radius 3 is 2.94 bits per heavy atom. The summed E-state index contributed by atoms with van der Waals surface area (Å²) in [5.74, 6) is 2.69. The Bertz CT molecular complexity index is 354. The fourth-order valence-corrected chi connectivity index (χ4v) is 2.18. The SMILES string of the molecule is C#CCCCC(NCC)c1cccc(Br)c1. The molecule has 0 aromatic heterocycles. The van der Waals surface area contributed by atoms with E-state index in [1.54, 1.807) is 0 Å². The van der Waals surface area contributed by atoms with Crippen molar-refractivity contribution in [3.63, 3.8) is 0 Å². The first-order valence-electron chi connectivity index (χ1n) is 5.70. The molecule has 2 heteroatoms. The third kappa shape index (κ3) is 4.38. The highest BCUT2D eigenvalue weighted by atomic mass is 79.9. The highest BCUT2D eigenvalue weighted by molar-refractivity contribution is 9.10. The molecular formula is C14H18BrN. The van der Waals surface area contributed by atoms with Gasteiger partial charge in [0.2, 0.25) is 0 Å². The van der Waals surface area contributed by atoms with E-state index >= 15 is 0 Å². The van der Waals surface area contributed by atoms with Crippen molar-refractivity contribution < 1.29 is 0 Å². The van der Waals surface area contributed by atoms with Crippen LogP contribution < -0.4 is 5.32 Å². The van der Waals surface area contributed by atoms with Gasteiger partial charge in [0.15, 0.2) is 0 Å². The molecule has 0 aliphatic heterocycles. The minimum atomic E-state index is 0.413. The van der Waals surface area contributed by atoms with Crippen LogP contribution in [0.5, 0.6) is 0 Å². The van der Waals surface area contributed by atoms with Gasteiger partial charge in [0, 0.05) is 16.9 Å². The third-order valence-corrected chi connectivity index (χ3v) is 3.01. The number of rotatable bonds is 6. The fraction of sp³-hybridized carbons (Fsp3) is 0.429. The standard InChI is InChI=1S/C14H18BrN/c1-3-5-6-10-14(16-4-2)12-8-7-9-13(15)11-12/h1,7-9,11,14,16H,4-6,10H2,2H3. The molecule has 1 N–H and O–H groups in total. The molecule has 1 nitrogen and oxygen atoms in total. The molecule has 1 aromatic rings. The van der Waals surface area contributed by atoms with Crippen molar-refractivity contribution in [1.82, 2.24) is 5.32 Å². The van der Waals surface area contributed by atoms with Crippen LogP contribution in [-0.4, -0.2) is 6.54 Å². The Labute approximate surface area is 107 Å². The van der Waals surface area contributed by atoms with E-state index in [0.29, 0.717) is 6.04 Å². The van der Waals surface area contributed by atoms with Crippen LogP contribution in [0.15, 0.2) is 28.7 Å². The summed E-state index contributed by atoms with van der Waals surface area (Å²) < 4.78 is 1.13. The van der Waals surface area contributed by atoms with Crippen LogP contribution in [-0.2, 0) is 0 Å². The summed E-state index contributed by atoms with van der Waals surface area (Å²) in [6, 6.07) is 8.87. The molecule has 0 aliphatic rings. The van der Waals surface area contributed by atoms with Crippen LogP contribution in [0.1, 0.15) is 37.8 Å². The Hall–Kier alpha value is -0.780. The molecule has 1 aromatic carbocycles. The molecule has 0 saturated carbocycles. The van der Waals surface area contributed by atoms with Crippen molar-refractivity contribution in [2.45, 2.75) is 32.2 Å². The van der Waals surface area contributed by atoms with Crippen molar-refractivity contribution in [3.05, 3.63) is 34.3 Å². The molecule has 1 atom stereocenters. The number of hydrogen-bond donors (Lipinski definition) is 1. The summed E-state index contributed by atoms with van der Waals surface area (Å²) in [6.45, 7) is 3.11. The first kappa shape index (κ1) is 13.3. The highest BCUT2D eigenvalue weighted by Gasteiger charge is 2.09. The van der Waals surface area contributed by atoms with E-state index in [-0.39, 0.29) is 0 Å². The lowest BCUT2D eigenvalue weighted by Gasteiger charge is -2.18. The van der Waals surface area contributed by atoms with Crippen LogP contribution in [0.3, 0.4) is 0 Å². The summed E-state index contributed by atoms with van der Waals surface area (Å²) in [5.41, 5.74) is 1.33. The zero-order valence-corrected chi connectivity index (χ0v) is 11.3. The number of halogens is 1. The van der Waals surface area contributed by atoms with Gasteiger partial charge in [-0.15, -0.1) is 12.3 Å². The van der Waals surface area contributed by atoms with E-state index in [9.17, 15) is 0 Å². The molecule has 0 spiro atoms. The van der Waals surface area contributed by atoms with Gasteiger partial charge in [-0.2, -0.15) is 0 Å². The maximum Gasteiger partial charge on any atom is 0.0320 e. The van der Waals surface area contributed by atoms with Gasteiger partial charge >= 0.3 is 0 Å². The number of hydrogen-bond acceptors (Lipinski definition) is 1. The van der Waals surface area contributed by atoms with E-state index in [0.717, 1.165) is 30.3 Å². The van der Waals surface area contributed by atoms with Crippen molar-refractivity contribution in [3.8, 4) is 12.3 Å². The molecule has 16 heavy (non-hydrogen) atoms. The molecule has 0 bridgehead atoms. The van der Waals surface area contributed by atoms with E-state index in [1.807, 2.05) is 6.07 Å². The Morgan fingerprint density at radius 2 is 2.31 bits per heavy atom. The van der Waals surface area contributed by atoms with Crippen molar-refractivity contribution >= 4 is 15.9 Å². The molecule has 0 heterocycles. The van der Waals surface area contributed by atoms with Crippen molar-refractivity contribution in [1.29, 1.82) is 0 Å². The number of unbranched alkanes of at least 4 members (excludes halogenated alkanes) is 1. The lowest BCUT2D eigenvalue weighted by Crippen LogP contribution is -2.20. The average molecular weight is 280 g/mol. The van der Waals surface area contributed by atoms with Gasteiger partial charge in [0.1, 0.15) is 0 Å². The third-order valence-electron chi connectivity index (χ3n) is 2.52. The minimum Gasteiger partial charge on any atom is -0.310 e. The van der Waals surface area contributed by atoms with Crippen LogP contribution in [0.25, 0.3) is 0 Å². The van der Waals surface area contributed by atoms with Crippen molar-refractivity contribution in [2.75, 3.05) is 6.54 Å². The Kier molecular flexibility index (Phi) is 6.22. The predicted octanol–water partition coefficient (Wildman–Crippen LogP) is 3.90. The van der Waals surface area contributed by atoms with Crippen LogP contribution in [0, 0.1) is 12.3 Å². The Balaban J connectivity index is 2.65. The molecule has 0 fully saturated rings. The maximum atomic E-state index is 5.27. The zero-order valence-electron chi connectivity index (χ0n) is 9.67. The topological polar surface area (TPSA) is 12.0 Å². The second kappa shape index (κ2) is 7.49. The first-order valence-corrected chi connectivity index (χ1v) is 6.49. The lowest BCUT2D eigenvalue weighted by molar-refractivity contribution is 0.501. The summed E-state index contributed by atoms with van der Waals surface area (Å²) in [6.07, 6.45) is 8.29. The van der Waals surface area contributed by atoms with Crippen LogP contribution in [0.4, 0.5) is 0 Å².